The van der Waals surface area contributed by atoms with Crippen LogP contribution < -0.4 is 0 Å². The third-order valence-corrected chi connectivity index (χ3v) is 1.78. The summed E-state index contributed by atoms with van der Waals surface area (Å²) in [6.45, 7) is 5.80. The van der Waals surface area contributed by atoms with Crippen LogP contribution in [0.25, 0.3) is 0 Å². The second-order valence-electron chi connectivity index (χ2n) is 2.73. The van der Waals surface area contributed by atoms with Gasteiger partial charge in [0.15, 0.2) is 0 Å². The fourth-order valence-electron chi connectivity index (χ4n) is 0.607. The number of hydrogen-bond donors (Lipinski definition) is 1. The van der Waals surface area contributed by atoms with E-state index in [0.717, 1.165) is 11.3 Å². The van der Waals surface area contributed by atoms with Gasteiger partial charge in [-0.1, -0.05) is 0 Å². The molecule has 0 aromatic rings. The highest BCUT2D eigenvalue weighted by molar-refractivity contribution is 5.95. The molecule has 0 radical (unpaired) electrons. The first kappa shape index (κ1) is 9.21. The highest BCUT2D eigenvalue weighted by atomic mass is 15.1. The molecular weight excluding hydrogens is 124 g/mol. The number of hydrogen-bond acceptors (Lipinski definition) is 2. The van der Waals surface area contributed by atoms with E-state index in [9.17, 15) is 0 Å². The lowest BCUT2D eigenvalue weighted by molar-refractivity contribution is 0.510. The number of rotatable bonds is 2. The molecule has 1 N–H and O–H groups in total. The van der Waals surface area contributed by atoms with Gasteiger partial charge >= 0.3 is 0 Å². The van der Waals surface area contributed by atoms with Gasteiger partial charge < -0.3 is 10.3 Å². The summed E-state index contributed by atoms with van der Waals surface area (Å²) in [5.74, 6) is 0. The summed E-state index contributed by atoms with van der Waals surface area (Å²) < 4.78 is 0. The van der Waals surface area contributed by atoms with Crippen molar-refractivity contribution < 1.29 is 0 Å². The van der Waals surface area contributed by atoms with Crippen LogP contribution in [0.3, 0.4) is 0 Å². The third-order valence-electron chi connectivity index (χ3n) is 1.78. The summed E-state index contributed by atoms with van der Waals surface area (Å²) in [5, 5.41) is 7.34. The molecule has 0 aliphatic heterocycles. The summed E-state index contributed by atoms with van der Waals surface area (Å²) in [4.78, 5) is 2.02. The van der Waals surface area contributed by atoms with Crippen LogP contribution in [0.1, 0.15) is 20.8 Å². The fourth-order valence-corrected chi connectivity index (χ4v) is 0.607. The van der Waals surface area contributed by atoms with Gasteiger partial charge in [-0.3, -0.25) is 0 Å². The lowest BCUT2D eigenvalue weighted by Gasteiger charge is -2.15. The maximum absolute atomic E-state index is 7.34. The Labute approximate surface area is 63.0 Å². The highest BCUT2D eigenvalue weighted by Crippen LogP contribution is 2.05. The summed E-state index contributed by atoms with van der Waals surface area (Å²) in [7, 11) is 3.98. The van der Waals surface area contributed by atoms with E-state index in [4.69, 9.17) is 5.41 Å². The van der Waals surface area contributed by atoms with Crippen LogP contribution in [0, 0.1) is 5.41 Å². The van der Waals surface area contributed by atoms with Crippen molar-refractivity contribution >= 4 is 5.71 Å². The largest absolute Gasteiger partial charge is 0.381 e. The molecule has 10 heavy (non-hydrogen) atoms. The zero-order valence-electron chi connectivity index (χ0n) is 7.45. The minimum Gasteiger partial charge on any atom is -0.381 e. The Kier molecular flexibility index (Phi) is 3.13. The van der Waals surface area contributed by atoms with Gasteiger partial charge in [0.2, 0.25) is 0 Å². The summed E-state index contributed by atoms with van der Waals surface area (Å²) in [6, 6.07) is 0. The Bertz CT molecular complexity index is 166. The molecule has 58 valence electrons. The second kappa shape index (κ2) is 3.40. The molecule has 0 spiro atoms. The van der Waals surface area contributed by atoms with Gasteiger partial charge in [-0.25, -0.2) is 0 Å². The van der Waals surface area contributed by atoms with Crippen LogP contribution in [0.15, 0.2) is 11.3 Å². The van der Waals surface area contributed by atoms with E-state index in [1.54, 1.807) is 0 Å². The molecule has 2 nitrogen and oxygen atoms in total. The van der Waals surface area contributed by atoms with E-state index in [1.165, 1.54) is 0 Å². The van der Waals surface area contributed by atoms with Crippen molar-refractivity contribution in [1.29, 1.82) is 5.41 Å². The standard InChI is InChI=1S/C8H16N2/c1-6(7(2)9)8(3)10(4)5/h9H,1-5H3/b8-6-,9-7?. The molecular formula is C8H16N2. The van der Waals surface area contributed by atoms with Gasteiger partial charge in [-0.15, -0.1) is 0 Å². The topological polar surface area (TPSA) is 27.1 Å². The van der Waals surface area contributed by atoms with E-state index in [2.05, 4.69) is 0 Å². The van der Waals surface area contributed by atoms with E-state index < -0.39 is 0 Å². The first-order valence-corrected chi connectivity index (χ1v) is 3.37. The van der Waals surface area contributed by atoms with Crippen molar-refractivity contribution in [2.24, 2.45) is 0 Å². The van der Waals surface area contributed by atoms with Crippen molar-refractivity contribution in [1.82, 2.24) is 4.90 Å². The van der Waals surface area contributed by atoms with Crippen molar-refractivity contribution in [2.75, 3.05) is 14.1 Å². The second-order valence-corrected chi connectivity index (χ2v) is 2.73. The minimum atomic E-state index is 0.645. The van der Waals surface area contributed by atoms with Crippen LogP contribution in [0.5, 0.6) is 0 Å². The van der Waals surface area contributed by atoms with Crippen LogP contribution in [0.2, 0.25) is 0 Å². The van der Waals surface area contributed by atoms with Gasteiger partial charge in [0, 0.05) is 25.5 Å². The molecule has 2 heteroatoms. The molecule has 0 aliphatic carbocycles. The molecule has 0 heterocycles. The zero-order valence-corrected chi connectivity index (χ0v) is 7.45. The van der Waals surface area contributed by atoms with Crippen molar-refractivity contribution in [3.8, 4) is 0 Å². The van der Waals surface area contributed by atoms with Crippen LogP contribution in [-0.4, -0.2) is 24.7 Å². The number of nitrogens with one attached hydrogen (secondary N) is 1. The van der Waals surface area contributed by atoms with Crippen molar-refractivity contribution in [3.63, 3.8) is 0 Å². The van der Waals surface area contributed by atoms with E-state index in [-0.39, 0.29) is 0 Å². The first-order chi connectivity index (χ1) is 4.46. The van der Waals surface area contributed by atoms with E-state index in [0.29, 0.717) is 5.71 Å². The lowest BCUT2D eigenvalue weighted by Crippen LogP contribution is -2.12. The van der Waals surface area contributed by atoms with Gasteiger partial charge in [0.05, 0.1) is 0 Å². The van der Waals surface area contributed by atoms with Crippen LogP contribution >= 0.6 is 0 Å². The predicted octanol–water partition coefficient (Wildman–Crippen LogP) is 1.88. The monoisotopic (exact) mass is 140 g/mol. The molecule has 0 unspecified atom stereocenters. The van der Waals surface area contributed by atoms with Crippen LogP contribution in [0.4, 0.5) is 0 Å². The molecule has 0 saturated carbocycles. The van der Waals surface area contributed by atoms with Crippen molar-refractivity contribution in [3.05, 3.63) is 11.3 Å². The Hall–Kier alpha value is -0.790. The lowest BCUT2D eigenvalue weighted by atomic mass is 10.1. The molecule has 0 aromatic heterocycles. The average molecular weight is 140 g/mol. The molecule has 0 aliphatic rings. The van der Waals surface area contributed by atoms with Gasteiger partial charge in [-0.05, 0) is 26.3 Å². The van der Waals surface area contributed by atoms with E-state index >= 15 is 0 Å². The highest BCUT2D eigenvalue weighted by Gasteiger charge is 1.99. The molecule has 0 amide bonds. The predicted molar refractivity (Wildman–Crippen MR) is 45.5 cm³/mol. The van der Waals surface area contributed by atoms with Crippen LogP contribution in [-0.2, 0) is 0 Å². The molecule has 0 rings (SSSR count). The Morgan fingerprint density at radius 1 is 1.10 bits per heavy atom. The van der Waals surface area contributed by atoms with Crippen molar-refractivity contribution in [2.45, 2.75) is 20.8 Å². The minimum absolute atomic E-state index is 0.645. The quantitative estimate of drug-likeness (QED) is 0.582. The van der Waals surface area contributed by atoms with Gasteiger partial charge in [-0.2, -0.15) is 0 Å². The first-order valence-electron chi connectivity index (χ1n) is 3.37. The zero-order chi connectivity index (χ0) is 8.31. The van der Waals surface area contributed by atoms with E-state index in [1.807, 2.05) is 39.8 Å². The Morgan fingerprint density at radius 3 is 1.60 bits per heavy atom. The molecule has 0 bridgehead atoms. The Balaban J connectivity index is 4.50. The Morgan fingerprint density at radius 2 is 1.50 bits per heavy atom. The summed E-state index contributed by atoms with van der Waals surface area (Å²) in [5.41, 5.74) is 2.86. The van der Waals surface area contributed by atoms with Gasteiger partial charge in [0.1, 0.15) is 0 Å². The third kappa shape index (κ3) is 2.21. The SMILES string of the molecule is CC(=N)/C(C)=C(/C)N(C)C. The number of nitrogens with zero attached hydrogens (tertiary/aromatic N) is 1. The maximum Gasteiger partial charge on any atom is 0.0329 e. The molecule has 0 aromatic carbocycles. The smallest absolute Gasteiger partial charge is 0.0329 e. The maximum atomic E-state index is 7.34. The number of allylic oxidation sites excluding steroid dienone is 2. The normalized spacial score (nSPS) is 12.5. The molecule has 0 saturated heterocycles. The molecule has 0 atom stereocenters. The molecule has 0 fully saturated rings. The van der Waals surface area contributed by atoms with Gasteiger partial charge in [0.25, 0.3) is 0 Å². The average Bonchev–Trinajstić information content (AvgIpc) is 1.84. The summed E-state index contributed by atoms with van der Waals surface area (Å²) >= 11 is 0. The summed E-state index contributed by atoms with van der Waals surface area (Å²) in [6.07, 6.45) is 0. The fraction of sp³-hybridized carbons (Fsp3) is 0.625.